The Bertz CT molecular complexity index is 1040. The number of nitrogens with zero attached hydrogens (tertiary/aromatic N) is 1. The fourth-order valence-electron chi connectivity index (χ4n) is 3.46. The number of sulfonamides is 1. The van der Waals surface area contributed by atoms with Gasteiger partial charge in [0.05, 0.1) is 18.0 Å². The van der Waals surface area contributed by atoms with Crippen LogP contribution in [-0.2, 0) is 14.8 Å². The molecule has 6 heteroatoms. The molecule has 0 saturated heterocycles. The second-order valence-electron chi connectivity index (χ2n) is 7.60. The van der Waals surface area contributed by atoms with Gasteiger partial charge in [-0.3, -0.25) is 9.10 Å². The van der Waals surface area contributed by atoms with Gasteiger partial charge in [-0.1, -0.05) is 78.4 Å². The maximum atomic E-state index is 12.7. The van der Waals surface area contributed by atoms with Crippen LogP contribution in [0.5, 0.6) is 0 Å². The van der Waals surface area contributed by atoms with E-state index in [-0.39, 0.29) is 24.9 Å². The molecular weight excluding hydrogens is 408 g/mol. The minimum Gasteiger partial charge on any atom is -0.345 e. The summed E-state index contributed by atoms with van der Waals surface area (Å²) in [5.41, 5.74) is 3.67. The first-order valence-electron chi connectivity index (χ1n) is 10.3. The van der Waals surface area contributed by atoms with E-state index in [4.69, 9.17) is 0 Å². The molecule has 5 nitrogen and oxygen atoms in total. The summed E-state index contributed by atoms with van der Waals surface area (Å²) in [6.07, 6.45) is 1.84. The Hall–Kier alpha value is -3.12. The number of carbonyl (C=O) groups is 1. The Balaban J connectivity index is 1.66. The monoisotopic (exact) mass is 436 g/mol. The molecule has 0 atom stereocenters. The van der Waals surface area contributed by atoms with Crippen LogP contribution in [0.2, 0.25) is 0 Å². The highest BCUT2D eigenvalue weighted by molar-refractivity contribution is 7.92. The summed E-state index contributed by atoms with van der Waals surface area (Å²) in [6.45, 7) is 2.20. The van der Waals surface area contributed by atoms with E-state index in [0.717, 1.165) is 16.7 Å². The zero-order valence-electron chi connectivity index (χ0n) is 17.9. The Morgan fingerprint density at radius 3 is 1.87 bits per heavy atom. The lowest BCUT2D eigenvalue weighted by atomic mass is 9.98. The van der Waals surface area contributed by atoms with E-state index in [2.05, 4.69) is 5.32 Å². The molecule has 31 heavy (non-hydrogen) atoms. The first-order valence-corrected chi connectivity index (χ1v) is 12.1. The van der Waals surface area contributed by atoms with Crippen molar-refractivity contribution in [3.63, 3.8) is 0 Å². The van der Waals surface area contributed by atoms with Crippen LogP contribution in [0, 0.1) is 6.92 Å². The highest BCUT2D eigenvalue weighted by Crippen LogP contribution is 2.22. The lowest BCUT2D eigenvalue weighted by Gasteiger charge is -2.23. The Labute approximate surface area is 184 Å². The van der Waals surface area contributed by atoms with Crippen molar-refractivity contribution in [1.82, 2.24) is 5.32 Å². The van der Waals surface area contributed by atoms with Gasteiger partial charge in [0.1, 0.15) is 0 Å². The van der Waals surface area contributed by atoms with Gasteiger partial charge in [0.15, 0.2) is 0 Å². The fraction of sp³-hybridized carbons (Fsp3) is 0.240. The van der Waals surface area contributed by atoms with Crippen molar-refractivity contribution >= 4 is 21.6 Å². The van der Waals surface area contributed by atoms with Gasteiger partial charge in [-0.25, -0.2) is 8.42 Å². The standard InChI is InChI=1S/C25H28N2O3S/c1-20-15-17-23(18-16-20)27(31(2,29)30)19-9-14-24(28)26-25(21-10-5-3-6-11-21)22-12-7-4-8-13-22/h3-8,10-13,15-18,25H,9,14,19H2,1-2H3,(H,26,28). The van der Waals surface area contributed by atoms with E-state index in [1.165, 1.54) is 10.6 Å². The molecule has 162 valence electrons. The maximum absolute atomic E-state index is 12.7. The predicted molar refractivity (Wildman–Crippen MR) is 125 cm³/mol. The quantitative estimate of drug-likeness (QED) is 0.539. The zero-order valence-corrected chi connectivity index (χ0v) is 18.7. The van der Waals surface area contributed by atoms with E-state index >= 15 is 0 Å². The molecule has 3 rings (SSSR count). The minimum absolute atomic E-state index is 0.116. The third-order valence-corrected chi connectivity index (χ3v) is 6.25. The molecular formula is C25H28N2O3S. The average molecular weight is 437 g/mol. The number of nitrogens with one attached hydrogen (secondary N) is 1. The Kier molecular flexibility index (Phi) is 7.47. The number of hydrogen-bond donors (Lipinski definition) is 1. The summed E-state index contributed by atoms with van der Waals surface area (Å²) in [7, 11) is -3.44. The summed E-state index contributed by atoms with van der Waals surface area (Å²) in [5, 5.41) is 3.10. The predicted octanol–water partition coefficient (Wildman–Crippen LogP) is 4.45. The number of anilines is 1. The van der Waals surface area contributed by atoms with E-state index in [1.807, 2.05) is 79.7 Å². The summed E-state index contributed by atoms with van der Waals surface area (Å²) >= 11 is 0. The molecule has 0 aromatic heterocycles. The van der Waals surface area contributed by atoms with Crippen molar-refractivity contribution in [3.05, 3.63) is 102 Å². The molecule has 0 aliphatic heterocycles. The Morgan fingerprint density at radius 1 is 0.871 bits per heavy atom. The van der Waals surface area contributed by atoms with E-state index < -0.39 is 10.0 Å². The van der Waals surface area contributed by atoms with Crippen LogP contribution >= 0.6 is 0 Å². The number of amides is 1. The maximum Gasteiger partial charge on any atom is 0.232 e. The van der Waals surface area contributed by atoms with Gasteiger partial charge < -0.3 is 5.32 Å². The zero-order chi connectivity index (χ0) is 22.3. The molecule has 1 amide bonds. The molecule has 3 aromatic carbocycles. The minimum atomic E-state index is -3.44. The molecule has 0 saturated carbocycles. The summed E-state index contributed by atoms with van der Waals surface area (Å²) < 4.78 is 25.9. The molecule has 0 fully saturated rings. The number of benzene rings is 3. The smallest absolute Gasteiger partial charge is 0.232 e. The van der Waals surface area contributed by atoms with Gasteiger partial charge in [0.2, 0.25) is 15.9 Å². The summed E-state index contributed by atoms with van der Waals surface area (Å²) in [6, 6.07) is 26.7. The molecule has 0 bridgehead atoms. The van der Waals surface area contributed by atoms with Crippen LogP contribution in [0.3, 0.4) is 0 Å². The highest BCUT2D eigenvalue weighted by Gasteiger charge is 2.19. The van der Waals surface area contributed by atoms with Crippen LogP contribution in [0.1, 0.15) is 35.6 Å². The van der Waals surface area contributed by atoms with E-state index in [1.54, 1.807) is 12.1 Å². The van der Waals surface area contributed by atoms with Gasteiger partial charge in [0.25, 0.3) is 0 Å². The average Bonchev–Trinajstić information content (AvgIpc) is 2.76. The molecule has 1 N–H and O–H groups in total. The first-order chi connectivity index (χ1) is 14.8. The molecule has 0 aliphatic rings. The number of hydrogen-bond acceptors (Lipinski definition) is 3. The second kappa shape index (κ2) is 10.3. The fourth-order valence-corrected chi connectivity index (χ4v) is 4.43. The summed E-state index contributed by atoms with van der Waals surface area (Å²) in [5.74, 6) is -0.116. The lowest BCUT2D eigenvalue weighted by molar-refractivity contribution is -0.121. The highest BCUT2D eigenvalue weighted by atomic mass is 32.2. The van der Waals surface area contributed by atoms with Gasteiger partial charge >= 0.3 is 0 Å². The third-order valence-electron chi connectivity index (χ3n) is 5.06. The van der Waals surface area contributed by atoms with Crippen molar-refractivity contribution in [3.8, 4) is 0 Å². The largest absolute Gasteiger partial charge is 0.345 e. The van der Waals surface area contributed by atoms with Crippen molar-refractivity contribution < 1.29 is 13.2 Å². The molecule has 0 radical (unpaired) electrons. The Morgan fingerprint density at radius 2 is 1.39 bits per heavy atom. The second-order valence-corrected chi connectivity index (χ2v) is 9.50. The topological polar surface area (TPSA) is 66.5 Å². The molecule has 3 aromatic rings. The normalized spacial score (nSPS) is 11.3. The number of rotatable bonds is 9. The SMILES string of the molecule is Cc1ccc(N(CCCC(=O)NC(c2ccccc2)c2ccccc2)S(C)(=O)=O)cc1. The molecule has 0 unspecified atom stereocenters. The van der Waals surface area contributed by atoms with Crippen LogP contribution in [-0.4, -0.2) is 27.1 Å². The van der Waals surface area contributed by atoms with Gasteiger partial charge in [-0.05, 0) is 36.6 Å². The van der Waals surface area contributed by atoms with Gasteiger partial charge in [0, 0.05) is 13.0 Å². The van der Waals surface area contributed by atoms with E-state index in [0.29, 0.717) is 12.1 Å². The van der Waals surface area contributed by atoms with Crippen LogP contribution in [0.4, 0.5) is 5.69 Å². The molecule has 0 aliphatic carbocycles. The summed E-state index contributed by atoms with van der Waals surface area (Å²) in [4.78, 5) is 12.7. The van der Waals surface area contributed by atoms with Crippen molar-refractivity contribution in [1.29, 1.82) is 0 Å². The van der Waals surface area contributed by atoms with Gasteiger partial charge in [-0.2, -0.15) is 0 Å². The third kappa shape index (κ3) is 6.43. The van der Waals surface area contributed by atoms with Crippen molar-refractivity contribution in [2.24, 2.45) is 0 Å². The first kappa shape index (κ1) is 22.6. The van der Waals surface area contributed by atoms with Crippen LogP contribution in [0.15, 0.2) is 84.9 Å². The lowest BCUT2D eigenvalue weighted by Crippen LogP contribution is -2.33. The number of carbonyl (C=O) groups excluding carboxylic acids is 1. The van der Waals surface area contributed by atoms with Crippen LogP contribution in [0.25, 0.3) is 0 Å². The van der Waals surface area contributed by atoms with Crippen molar-refractivity contribution in [2.45, 2.75) is 25.8 Å². The van der Waals surface area contributed by atoms with E-state index in [9.17, 15) is 13.2 Å². The van der Waals surface area contributed by atoms with Crippen LogP contribution < -0.4 is 9.62 Å². The molecule has 0 heterocycles. The molecule has 0 spiro atoms. The van der Waals surface area contributed by atoms with Crippen molar-refractivity contribution in [2.75, 3.05) is 17.1 Å². The number of aryl methyl sites for hydroxylation is 1. The van der Waals surface area contributed by atoms with Gasteiger partial charge in [-0.15, -0.1) is 0 Å².